The summed E-state index contributed by atoms with van der Waals surface area (Å²) in [4.78, 5) is 4.75. The number of hydrogen-bond acceptors (Lipinski definition) is 4. The Labute approximate surface area is 147 Å². The van der Waals surface area contributed by atoms with Crippen LogP contribution in [-0.4, -0.2) is 20.5 Å². The lowest BCUT2D eigenvalue weighted by Crippen LogP contribution is -2.13. The Hall–Kier alpha value is -2.06. The average Bonchev–Trinajstić information content (AvgIpc) is 2.89. The van der Waals surface area contributed by atoms with E-state index < -0.39 is 6.17 Å². The van der Waals surface area contributed by atoms with Crippen molar-refractivity contribution >= 4 is 28.3 Å². The molecule has 4 rings (SSSR count). The van der Waals surface area contributed by atoms with Crippen molar-refractivity contribution in [2.75, 3.05) is 0 Å². The maximum absolute atomic E-state index is 6.29. The Kier molecular flexibility index (Phi) is 3.50. The number of rotatable bonds is 1. The molecule has 0 bridgehead atoms. The molecular weight excluding hydrogens is 401 g/mol. The summed E-state index contributed by atoms with van der Waals surface area (Å²) in [6.45, 7) is 1.93. The molecule has 1 aliphatic heterocycles. The van der Waals surface area contributed by atoms with E-state index in [0.29, 0.717) is 5.82 Å². The van der Waals surface area contributed by atoms with Crippen molar-refractivity contribution in [2.45, 2.75) is 13.1 Å². The van der Waals surface area contributed by atoms with Crippen LogP contribution in [0.25, 0.3) is 5.69 Å². The summed E-state index contributed by atoms with van der Waals surface area (Å²) in [7, 11) is 0. The van der Waals surface area contributed by atoms with E-state index in [2.05, 4.69) is 51.0 Å². The van der Waals surface area contributed by atoms with Gasteiger partial charge in [0.05, 0.1) is 11.4 Å². The van der Waals surface area contributed by atoms with Crippen LogP contribution in [0, 0.1) is 10.5 Å². The highest BCUT2D eigenvalue weighted by Gasteiger charge is 2.25. The average molecular weight is 415 g/mol. The summed E-state index contributed by atoms with van der Waals surface area (Å²) < 4.78 is 3.14. The zero-order chi connectivity index (χ0) is 16.0. The standard InChI is InChI=1S/C17H14IN5/c1-10-21-22-17-16(19)20-15(11-5-3-2-4-6-11)13-9-12(18)7-8-14(13)23(10)17/h2-9,16H,19H2,1H3. The van der Waals surface area contributed by atoms with Gasteiger partial charge in [-0.1, -0.05) is 30.3 Å². The molecule has 114 valence electrons. The molecule has 6 heteroatoms. The molecular formula is C17H14IN5. The molecule has 1 atom stereocenters. The number of benzene rings is 2. The maximum Gasteiger partial charge on any atom is 0.177 e. The van der Waals surface area contributed by atoms with Crippen LogP contribution < -0.4 is 5.73 Å². The van der Waals surface area contributed by atoms with E-state index in [0.717, 1.165) is 31.9 Å². The van der Waals surface area contributed by atoms with Gasteiger partial charge in [-0.05, 0) is 47.7 Å². The van der Waals surface area contributed by atoms with Gasteiger partial charge in [0.15, 0.2) is 12.0 Å². The molecule has 2 aromatic carbocycles. The Morgan fingerprint density at radius 2 is 1.87 bits per heavy atom. The second-order valence-corrected chi connectivity index (χ2v) is 6.64. The Morgan fingerprint density at radius 1 is 1.09 bits per heavy atom. The van der Waals surface area contributed by atoms with E-state index in [-0.39, 0.29) is 0 Å². The normalized spacial score (nSPS) is 16.3. The third-order valence-electron chi connectivity index (χ3n) is 3.88. The van der Waals surface area contributed by atoms with Gasteiger partial charge in [-0.2, -0.15) is 0 Å². The summed E-state index contributed by atoms with van der Waals surface area (Å²) in [5.41, 5.74) is 10.3. The van der Waals surface area contributed by atoms with E-state index in [1.807, 2.05) is 41.8 Å². The smallest absolute Gasteiger partial charge is 0.177 e. The van der Waals surface area contributed by atoms with Crippen molar-refractivity contribution < 1.29 is 0 Å². The summed E-state index contributed by atoms with van der Waals surface area (Å²) in [6.07, 6.45) is -0.545. The first kappa shape index (κ1) is 14.5. The Bertz CT molecular complexity index is 914. The summed E-state index contributed by atoms with van der Waals surface area (Å²) in [5, 5.41) is 8.40. The highest BCUT2D eigenvalue weighted by molar-refractivity contribution is 14.1. The van der Waals surface area contributed by atoms with Gasteiger partial charge in [0, 0.05) is 14.7 Å². The van der Waals surface area contributed by atoms with E-state index in [4.69, 9.17) is 10.7 Å². The lowest BCUT2D eigenvalue weighted by atomic mass is 10.0. The molecule has 2 N–H and O–H groups in total. The van der Waals surface area contributed by atoms with Crippen LogP contribution in [0.2, 0.25) is 0 Å². The Morgan fingerprint density at radius 3 is 2.65 bits per heavy atom. The first-order valence-electron chi connectivity index (χ1n) is 7.26. The number of halogens is 1. The lowest BCUT2D eigenvalue weighted by Gasteiger charge is -2.12. The highest BCUT2D eigenvalue weighted by atomic mass is 127. The number of nitrogens with two attached hydrogens (primary N) is 1. The molecule has 1 aromatic heterocycles. The van der Waals surface area contributed by atoms with E-state index >= 15 is 0 Å². The molecule has 0 saturated heterocycles. The van der Waals surface area contributed by atoms with Crippen LogP contribution in [0.15, 0.2) is 53.5 Å². The van der Waals surface area contributed by atoms with Crippen molar-refractivity contribution in [2.24, 2.45) is 10.7 Å². The molecule has 23 heavy (non-hydrogen) atoms. The van der Waals surface area contributed by atoms with Gasteiger partial charge in [-0.15, -0.1) is 10.2 Å². The van der Waals surface area contributed by atoms with Gasteiger partial charge in [0.25, 0.3) is 0 Å². The number of aryl methyl sites for hydroxylation is 1. The van der Waals surface area contributed by atoms with Crippen LogP contribution in [0.3, 0.4) is 0 Å². The molecule has 0 saturated carbocycles. The number of aliphatic imine (C=N–C) groups is 1. The maximum atomic E-state index is 6.29. The van der Waals surface area contributed by atoms with Crippen molar-refractivity contribution in [3.63, 3.8) is 0 Å². The van der Waals surface area contributed by atoms with Gasteiger partial charge < -0.3 is 5.73 Å². The number of aromatic nitrogens is 3. The summed E-state index contributed by atoms with van der Waals surface area (Å²) in [5.74, 6) is 1.47. The fourth-order valence-corrected chi connectivity index (χ4v) is 3.34. The van der Waals surface area contributed by atoms with Gasteiger partial charge in [0.2, 0.25) is 0 Å². The van der Waals surface area contributed by atoms with Gasteiger partial charge in [-0.3, -0.25) is 9.56 Å². The first-order chi connectivity index (χ1) is 11.1. The molecule has 0 radical (unpaired) electrons. The molecule has 2 heterocycles. The molecule has 0 amide bonds. The number of nitrogens with zero attached hydrogens (tertiary/aromatic N) is 4. The van der Waals surface area contributed by atoms with Crippen LogP contribution in [0.1, 0.15) is 28.9 Å². The number of hydrogen-bond donors (Lipinski definition) is 1. The minimum absolute atomic E-state index is 0.545. The molecule has 0 aliphatic carbocycles. The molecule has 0 fully saturated rings. The van der Waals surface area contributed by atoms with Crippen LogP contribution in [0.5, 0.6) is 0 Å². The monoisotopic (exact) mass is 415 g/mol. The van der Waals surface area contributed by atoms with Crippen LogP contribution >= 0.6 is 22.6 Å². The van der Waals surface area contributed by atoms with Crippen molar-refractivity contribution in [3.8, 4) is 5.69 Å². The fraction of sp³-hybridized carbons (Fsp3) is 0.118. The quantitative estimate of drug-likeness (QED) is 0.622. The van der Waals surface area contributed by atoms with Crippen molar-refractivity contribution in [1.82, 2.24) is 14.8 Å². The first-order valence-corrected chi connectivity index (χ1v) is 8.34. The summed E-state index contributed by atoms with van der Waals surface area (Å²) in [6, 6.07) is 16.4. The highest BCUT2D eigenvalue weighted by Crippen LogP contribution is 2.29. The van der Waals surface area contributed by atoms with E-state index in [1.165, 1.54) is 0 Å². The van der Waals surface area contributed by atoms with E-state index in [1.54, 1.807) is 0 Å². The predicted octanol–water partition coefficient (Wildman–Crippen LogP) is 2.99. The van der Waals surface area contributed by atoms with Gasteiger partial charge in [0.1, 0.15) is 5.82 Å². The fourth-order valence-electron chi connectivity index (χ4n) is 2.85. The number of fused-ring (bicyclic) bond motifs is 3. The second-order valence-electron chi connectivity index (χ2n) is 5.39. The zero-order valence-corrected chi connectivity index (χ0v) is 14.6. The molecule has 0 spiro atoms. The van der Waals surface area contributed by atoms with E-state index in [9.17, 15) is 0 Å². The zero-order valence-electron chi connectivity index (χ0n) is 12.4. The van der Waals surface area contributed by atoms with Crippen molar-refractivity contribution in [1.29, 1.82) is 0 Å². The third-order valence-corrected chi connectivity index (χ3v) is 4.56. The van der Waals surface area contributed by atoms with Crippen LogP contribution in [0.4, 0.5) is 0 Å². The van der Waals surface area contributed by atoms with Crippen molar-refractivity contribution in [3.05, 3.63) is 74.9 Å². The van der Waals surface area contributed by atoms with Gasteiger partial charge in [-0.25, -0.2) is 0 Å². The predicted molar refractivity (Wildman–Crippen MR) is 97.8 cm³/mol. The molecule has 1 unspecified atom stereocenters. The lowest BCUT2D eigenvalue weighted by molar-refractivity contribution is 0.691. The minimum atomic E-state index is -0.545. The SMILES string of the molecule is Cc1nnc2n1-c1ccc(I)cc1C(c1ccccc1)=NC2N. The Balaban J connectivity index is 2.06. The largest absolute Gasteiger partial charge is 0.303 e. The van der Waals surface area contributed by atoms with Gasteiger partial charge >= 0.3 is 0 Å². The second kappa shape index (κ2) is 5.54. The molecule has 5 nitrogen and oxygen atoms in total. The third kappa shape index (κ3) is 2.38. The summed E-state index contributed by atoms with van der Waals surface area (Å²) >= 11 is 2.31. The topological polar surface area (TPSA) is 69.1 Å². The van der Waals surface area contributed by atoms with Crippen LogP contribution in [-0.2, 0) is 0 Å². The minimum Gasteiger partial charge on any atom is -0.303 e. The molecule has 1 aliphatic rings. The molecule has 3 aromatic rings.